The van der Waals surface area contributed by atoms with Gasteiger partial charge in [0.05, 0.1) is 26.3 Å². The monoisotopic (exact) mass is 450 g/mol. The van der Waals surface area contributed by atoms with Crippen LogP contribution in [0.2, 0.25) is 0 Å². The van der Waals surface area contributed by atoms with Crippen LogP contribution >= 0.6 is 23.1 Å². The third kappa shape index (κ3) is 5.93. The van der Waals surface area contributed by atoms with E-state index in [-0.39, 0.29) is 24.4 Å². The van der Waals surface area contributed by atoms with Crippen molar-refractivity contribution in [3.05, 3.63) is 70.2 Å². The van der Waals surface area contributed by atoms with Crippen LogP contribution in [0.1, 0.15) is 16.8 Å². The molecular weight excluding hydrogens is 430 g/mol. The number of aromatic nitrogens is 1. The zero-order valence-electron chi connectivity index (χ0n) is 16.4. The molecule has 5 nitrogen and oxygen atoms in total. The van der Waals surface area contributed by atoms with Gasteiger partial charge in [-0.3, -0.25) is 4.79 Å². The maximum Gasteiger partial charge on any atom is 0.226 e. The molecule has 0 aliphatic rings. The van der Waals surface area contributed by atoms with E-state index in [0.717, 1.165) is 22.0 Å². The third-order valence-electron chi connectivity index (χ3n) is 4.17. The lowest BCUT2D eigenvalue weighted by Gasteiger charge is -2.07. The first kappa shape index (κ1) is 22.0. The molecule has 0 fully saturated rings. The van der Waals surface area contributed by atoms with Crippen molar-refractivity contribution < 1.29 is 23.0 Å². The molecule has 3 aromatic rings. The Morgan fingerprint density at radius 2 is 1.80 bits per heavy atom. The topological polar surface area (TPSA) is 60.5 Å². The molecule has 9 heteroatoms. The number of methoxy groups -OCH3 is 2. The van der Waals surface area contributed by atoms with Gasteiger partial charge >= 0.3 is 0 Å². The maximum absolute atomic E-state index is 13.6. The van der Waals surface area contributed by atoms with Gasteiger partial charge in [0.15, 0.2) is 0 Å². The van der Waals surface area contributed by atoms with Crippen LogP contribution in [0, 0.1) is 11.6 Å². The van der Waals surface area contributed by atoms with Gasteiger partial charge < -0.3 is 14.8 Å². The van der Waals surface area contributed by atoms with E-state index in [1.165, 1.54) is 29.2 Å². The van der Waals surface area contributed by atoms with Crippen molar-refractivity contribution in [2.24, 2.45) is 0 Å². The van der Waals surface area contributed by atoms with Crippen LogP contribution in [-0.4, -0.2) is 25.1 Å². The van der Waals surface area contributed by atoms with Crippen molar-refractivity contribution in [3.8, 4) is 11.5 Å². The van der Waals surface area contributed by atoms with Gasteiger partial charge in [-0.1, -0.05) is 17.8 Å². The van der Waals surface area contributed by atoms with Crippen molar-refractivity contribution in [2.45, 2.75) is 23.1 Å². The van der Waals surface area contributed by atoms with Gasteiger partial charge in [0.2, 0.25) is 5.91 Å². The minimum atomic E-state index is -0.684. The summed E-state index contributed by atoms with van der Waals surface area (Å²) < 4.78 is 38.6. The van der Waals surface area contributed by atoms with Crippen LogP contribution in [0.5, 0.6) is 11.5 Å². The number of hydrogen-bond donors (Lipinski definition) is 1. The van der Waals surface area contributed by atoms with Gasteiger partial charge in [0.25, 0.3) is 0 Å². The Bertz CT molecular complexity index is 985. The highest BCUT2D eigenvalue weighted by Crippen LogP contribution is 2.30. The molecule has 0 radical (unpaired) electrons. The van der Waals surface area contributed by atoms with Crippen molar-refractivity contribution in [1.82, 2.24) is 10.3 Å². The molecule has 0 aliphatic carbocycles. The number of carbonyl (C=O) groups is 1. The van der Waals surface area contributed by atoms with Crippen LogP contribution in [0.15, 0.2) is 46.1 Å². The minimum Gasteiger partial charge on any atom is -0.497 e. The van der Waals surface area contributed by atoms with E-state index >= 15 is 0 Å². The molecule has 1 amide bonds. The second kappa shape index (κ2) is 10.4. The molecule has 0 atom stereocenters. The molecule has 0 aliphatic heterocycles. The number of nitrogens with zero attached hydrogens (tertiary/aromatic N) is 1. The number of rotatable bonds is 9. The fourth-order valence-corrected chi connectivity index (χ4v) is 4.42. The number of ether oxygens (including phenoxy) is 2. The number of amides is 1. The van der Waals surface area contributed by atoms with E-state index in [0.29, 0.717) is 22.9 Å². The fraction of sp³-hybridized carbons (Fsp3) is 0.238. The van der Waals surface area contributed by atoms with E-state index in [9.17, 15) is 13.6 Å². The zero-order chi connectivity index (χ0) is 21.5. The average Bonchev–Trinajstić information content (AvgIpc) is 3.18. The number of carbonyl (C=O) groups excluding carboxylic acids is 1. The Hall–Kier alpha value is -2.65. The first-order valence-electron chi connectivity index (χ1n) is 8.97. The quantitative estimate of drug-likeness (QED) is 0.483. The standard InChI is InChI=1S/C21H20F2N2O3S2/c1-27-15-6-13(7-16(9-15)28-2)11-29-21-25-14(12-30-21)8-20(26)24-10-17-18(22)4-3-5-19(17)23/h3-7,9,12H,8,10-11H2,1-2H3,(H,24,26). The van der Waals surface area contributed by atoms with Gasteiger partial charge in [-0.05, 0) is 29.8 Å². The molecule has 30 heavy (non-hydrogen) atoms. The van der Waals surface area contributed by atoms with E-state index in [4.69, 9.17) is 9.47 Å². The summed E-state index contributed by atoms with van der Waals surface area (Å²) in [5.41, 5.74) is 1.48. The Balaban J connectivity index is 1.53. The van der Waals surface area contributed by atoms with Gasteiger partial charge in [0, 0.05) is 29.3 Å². The smallest absolute Gasteiger partial charge is 0.226 e. The summed E-state index contributed by atoms with van der Waals surface area (Å²) in [6.07, 6.45) is 0.0418. The molecule has 1 N–H and O–H groups in total. The molecule has 2 aromatic carbocycles. The number of hydrogen-bond acceptors (Lipinski definition) is 6. The lowest BCUT2D eigenvalue weighted by Crippen LogP contribution is -2.25. The molecule has 0 unspecified atom stereocenters. The van der Waals surface area contributed by atoms with E-state index in [1.807, 2.05) is 18.2 Å². The summed E-state index contributed by atoms with van der Waals surface area (Å²) in [6.45, 7) is -0.208. The van der Waals surface area contributed by atoms with Crippen LogP contribution in [0.3, 0.4) is 0 Å². The summed E-state index contributed by atoms with van der Waals surface area (Å²) in [5, 5.41) is 4.34. The number of nitrogens with one attached hydrogen (secondary N) is 1. The van der Waals surface area contributed by atoms with Crippen molar-refractivity contribution in [3.63, 3.8) is 0 Å². The fourth-order valence-electron chi connectivity index (χ4n) is 2.65. The Kier molecular flexibility index (Phi) is 7.64. The van der Waals surface area contributed by atoms with Gasteiger partial charge in [-0.2, -0.15) is 0 Å². The molecular formula is C21H20F2N2O3S2. The maximum atomic E-state index is 13.6. The van der Waals surface area contributed by atoms with Crippen molar-refractivity contribution >= 4 is 29.0 Å². The molecule has 0 saturated carbocycles. The van der Waals surface area contributed by atoms with Crippen LogP contribution in [-0.2, 0) is 23.5 Å². The molecule has 158 valence electrons. The highest BCUT2D eigenvalue weighted by Gasteiger charge is 2.12. The second-order valence-corrected chi connectivity index (χ2v) is 8.35. The second-order valence-electron chi connectivity index (χ2n) is 6.27. The summed E-state index contributed by atoms with van der Waals surface area (Å²) in [6, 6.07) is 9.27. The largest absolute Gasteiger partial charge is 0.497 e. The highest BCUT2D eigenvalue weighted by molar-refractivity contribution is 8.00. The van der Waals surface area contributed by atoms with Gasteiger partial charge in [0.1, 0.15) is 27.5 Å². The van der Waals surface area contributed by atoms with Crippen LogP contribution in [0.25, 0.3) is 0 Å². The predicted octanol–water partition coefficient (Wildman–Crippen LogP) is 4.59. The third-order valence-corrected chi connectivity index (χ3v) is 6.31. The zero-order valence-corrected chi connectivity index (χ0v) is 18.0. The number of halogens is 2. The SMILES string of the molecule is COc1cc(CSc2nc(CC(=O)NCc3c(F)cccc3F)cs2)cc(OC)c1. The summed E-state index contributed by atoms with van der Waals surface area (Å²) in [5.74, 6) is 0.380. The summed E-state index contributed by atoms with van der Waals surface area (Å²) in [4.78, 5) is 16.6. The Labute approximate surface area is 181 Å². The average molecular weight is 451 g/mol. The first-order valence-corrected chi connectivity index (χ1v) is 10.8. The number of benzene rings is 2. The van der Waals surface area contributed by atoms with Gasteiger partial charge in [-0.25, -0.2) is 13.8 Å². The van der Waals surface area contributed by atoms with Gasteiger partial charge in [-0.15, -0.1) is 11.3 Å². The first-order chi connectivity index (χ1) is 14.5. The molecule has 0 spiro atoms. The van der Waals surface area contributed by atoms with Crippen molar-refractivity contribution in [2.75, 3.05) is 14.2 Å². The molecule has 1 aromatic heterocycles. The normalized spacial score (nSPS) is 10.7. The summed E-state index contributed by atoms with van der Waals surface area (Å²) in [7, 11) is 3.20. The van der Waals surface area contributed by atoms with E-state index in [2.05, 4.69) is 10.3 Å². The lowest BCUT2D eigenvalue weighted by atomic mass is 10.2. The number of thioether (sulfide) groups is 1. The summed E-state index contributed by atoms with van der Waals surface area (Å²) >= 11 is 2.98. The van der Waals surface area contributed by atoms with Crippen molar-refractivity contribution in [1.29, 1.82) is 0 Å². The molecule has 0 saturated heterocycles. The molecule has 1 heterocycles. The highest BCUT2D eigenvalue weighted by atomic mass is 32.2. The minimum absolute atomic E-state index is 0.0418. The van der Waals surface area contributed by atoms with E-state index < -0.39 is 11.6 Å². The number of thiazole rings is 1. The van der Waals surface area contributed by atoms with E-state index in [1.54, 1.807) is 19.6 Å². The molecule has 0 bridgehead atoms. The molecule has 3 rings (SSSR count). The Morgan fingerprint density at radius 3 is 2.43 bits per heavy atom. The lowest BCUT2D eigenvalue weighted by molar-refractivity contribution is -0.120. The Morgan fingerprint density at radius 1 is 1.13 bits per heavy atom. The predicted molar refractivity (Wildman–Crippen MR) is 113 cm³/mol. The van der Waals surface area contributed by atoms with Crippen LogP contribution < -0.4 is 14.8 Å². The van der Waals surface area contributed by atoms with Crippen LogP contribution in [0.4, 0.5) is 8.78 Å².